The van der Waals surface area contributed by atoms with E-state index in [4.69, 9.17) is 11.6 Å². The van der Waals surface area contributed by atoms with Crippen LogP contribution in [0.3, 0.4) is 0 Å². The number of hydrogen-bond acceptors (Lipinski definition) is 4. The molecule has 5 nitrogen and oxygen atoms in total. The van der Waals surface area contributed by atoms with E-state index in [0.717, 1.165) is 51.5 Å². The van der Waals surface area contributed by atoms with Crippen LogP contribution in [0.25, 0.3) is 0 Å². The summed E-state index contributed by atoms with van der Waals surface area (Å²) in [4.78, 5) is 32.3. The average molecular weight is 382 g/mol. The van der Waals surface area contributed by atoms with Crippen LogP contribution in [0.15, 0.2) is 12.1 Å². The van der Waals surface area contributed by atoms with Gasteiger partial charge in [0.25, 0.3) is 5.91 Å². The second-order valence-corrected chi connectivity index (χ2v) is 9.03. The van der Waals surface area contributed by atoms with Crippen LogP contribution in [-0.4, -0.2) is 71.8 Å². The second-order valence-electron chi connectivity index (χ2n) is 7.32. The molecule has 3 aliphatic rings. The van der Waals surface area contributed by atoms with Crippen molar-refractivity contribution in [3.8, 4) is 0 Å². The SMILES string of the molecule is O=C(c1ccc(Cl)s1)N1CCCN(C2CCN(CC3CC3)C2=O)CC1. The molecule has 2 aliphatic heterocycles. The van der Waals surface area contributed by atoms with Gasteiger partial charge in [-0.05, 0) is 43.7 Å². The molecule has 3 fully saturated rings. The minimum absolute atomic E-state index is 0.0185. The number of carbonyl (C=O) groups excluding carboxylic acids is 2. The molecule has 2 saturated heterocycles. The number of halogens is 1. The summed E-state index contributed by atoms with van der Waals surface area (Å²) in [6.45, 7) is 4.94. The van der Waals surface area contributed by atoms with E-state index in [1.54, 1.807) is 12.1 Å². The molecule has 0 aromatic carbocycles. The molecule has 1 atom stereocenters. The largest absolute Gasteiger partial charge is 0.341 e. The van der Waals surface area contributed by atoms with Gasteiger partial charge in [-0.1, -0.05) is 11.6 Å². The van der Waals surface area contributed by atoms with Crippen molar-refractivity contribution in [2.75, 3.05) is 39.3 Å². The third-order valence-electron chi connectivity index (χ3n) is 5.49. The van der Waals surface area contributed by atoms with Crippen LogP contribution in [0, 0.1) is 5.92 Å². The van der Waals surface area contributed by atoms with Crippen LogP contribution in [0.2, 0.25) is 4.34 Å². The summed E-state index contributed by atoms with van der Waals surface area (Å²) in [5, 5.41) is 0. The highest BCUT2D eigenvalue weighted by molar-refractivity contribution is 7.17. The quantitative estimate of drug-likeness (QED) is 0.805. The lowest BCUT2D eigenvalue weighted by Gasteiger charge is -2.26. The standard InChI is InChI=1S/C18H24ClN3O2S/c19-16-5-4-15(25-16)18(24)21-8-1-7-20(10-11-21)14-6-9-22(17(14)23)12-13-2-3-13/h4-5,13-14H,1-3,6-12H2. The molecule has 1 aromatic heterocycles. The third-order valence-corrected chi connectivity index (χ3v) is 6.71. The number of nitrogens with zero attached hydrogens (tertiary/aromatic N) is 3. The van der Waals surface area contributed by atoms with E-state index in [2.05, 4.69) is 9.80 Å². The predicted molar refractivity (Wildman–Crippen MR) is 99.1 cm³/mol. The molecule has 0 radical (unpaired) electrons. The van der Waals surface area contributed by atoms with E-state index in [1.807, 2.05) is 4.90 Å². The Kier molecular flexibility index (Phi) is 5.02. The van der Waals surface area contributed by atoms with Gasteiger partial charge in [0, 0.05) is 39.3 Å². The fraction of sp³-hybridized carbons (Fsp3) is 0.667. The van der Waals surface area contributed by atoms with Crippen molar-refractivity contribution in [3.05, 3.63) is 21.3 Å². The molecular formula is C18H24ClN3O2S. The highest BCUT2D eigenvalue weighted by atomic mass is 35.5. The maximum absolute atomic E-state index is 12.7. The van der Waals surface area contributed by atoms with E-state index in [9.17, 15) is 9.59 Å². The minimum atomic E-state index is 0.0185. The van der Waals surface area contributed by atoms with Crippen LogP contribution in [0.4, 0.5) is 0 Å². The van der Waals surface area contributed by atoms with Crippen molar-refractivity contribution in [2.45, 2.75) is 31.7 Å². The van der Waals surface area contributed by atoms with E-state index >= 15 is 0 Å². The first-order valence-electron chi connectivity index (χ1n) is 9.19. The van der Waals surface area contributed by atoms with Crippen molar-refractivity contribution in [1.82, 2.24) is 14.7 Å². The topological polar surface area (TPSA) is 43.9 Å². The Morgan fingerprint density at radius 3 is 2.68 bits per heavy atom. The van der Waals surface area contributed by atoms with Crippen molar-refractivity contribution < 1.29 is 9.59 Å². The second kappa shape index (κ2) is 7.25. The van der Waals surface area contributed by atoms with Crippen LogP contribution >= 0.6 is 22.9 Å². The molecule has 7 heteroatoms. The lowest BCUT2D eigenvalue weighted by atomic mass is 10.2. The molecule has 136 valence electrons. The molecule has 1 aliphatic carbocycles. The summed E-state index contributed by atoms with van der Waals surface area (Å²) in [6.07, 6.45) is 4.40. The zero-order valence-corrected chi connectivity index (χ0v) is 15.9. The van der Waals surface area contributed by atoms with Crippen LogP contribution in [-0.2, 0) is 4.79 Å². The smallest absolute Gasteiger partial charge is 0.264 e. The van der Waals surface area contributed by atoms with Gasteiger partial charge in [0.15, 0.2) is 0 Å². The number of thiophene rings is 1. The zero-order chi connectivity index (χ0) is 17.4. The fourth-order valence-corrected chi connectivity index (χ4v) is 4.90. The fourth-order valence-electron chi connectivity index (χ4n) is 3.89. The lowest BCUT2D eigenvalue weighted by molar-refractivity contribution is -0.132. The first-order valence-corrected chi connectivity index (χ1v) is 10.4. The maximum Gasteiger partial charge on any atom is 0.264 e. The molecule has 2 amide bonds. The lowest BCUT2D eigenvalue weighted by Crippen LogP contribution is -2.44. The van der Waals surface area contributed by atoms with Gasteiger partial charge in [0.05, 0.1) is 15.3 Å². The van der Waals surface area contributed by atoms with Gasteiger partial charge < -0.3 is 9.80 Å². The molecule has 0 bridgehead atoms. The molecule has 1 unspecified atom stereocenters. The molecular weight excluding hydrogens is 358 g/mol. The molecule has 0 spiro atoms. The monoisotopic (exact) mass is 381 g/mol. The van der Waals surface area contributed by atoms with Crippen LogP contribution < -0.4 is 0 Å². The molecule has 0 N–H and O–H groups in total. The van der Waals surface area contributed by atoms with E-state index in [1.165, 1.54) is 24.2 Å². The van der Waals surface area contributed by atoms with Crippen molar-refractivity contribution in [1.29, 1.82) is 0 Å². The van der Waals surface area contributed by atoms with Gasteiger partial charge >= 0.3 is 0 Å². The molecule has 3 heterocycles. The molecule has 4 rings (SSSR count). The van der Waals surface area contributed by atoms with Gasteiger partial charge in [-0.15, -0.1) is 11.3 Å². The van der Waals surface area contributed by atoms with Gasteiger partial charge in [0.1, 0.15) is 0 Å². The van der Waals surface area contributed by atoms with Gasteiger partial charge in [-0.3, -0.25) is 14.5 Å². The zero-order valence-electron chi connectivity index (χ0n) is 14.3. The summed E-state index contributed by atoms with van der Waals surface area (Å²) in [5.41, 5.74) is 0. The third kappa shape index (κ3) is 3.86. The van der Waals surface area contributed by atoms with E-state index in [-0.39, 0.29) is 11.9 Å². The Morgan fingerprint density at radius 1 is 1.12 bits per heavy atom. The molecule has 1 saturated carbocycles. The average Bonchev–Trinajstić information content (AvgIpc) is 3.28. The Bertz CT molecular complexity index is 661. The summed E-state index contributed by atoms with van der Waals surface area (Å²) in [5.74, 6) is 1.11. The first kappa shape index (κ1) is 17.3. The van der Waals surface area contributed by atoms with Crippen molar-refractivity contribution in [2.24, 2.45) is 5.92 Å². The summed E-state index contributed by atoms with van der Waals surface area (Å²) in [6, 6.07) is 3.59. The van der Waals surface area contributed by atoms with E-state index < -0.39 is 0 Å². The molecule has 1 aromatic rings. The van der Waals surface area contributed by atoms with Gasteiger partial charge in [0.2, 0.25) is 5.91 Å². The summed E-state index contributed by atoms with van der Waals surface area (Å²) < 4.78 is 0.645. The van der Waals surface area contributed by atoms with Crippen molar-refractivity contribution in [3.63, 3.8) is 0 Å². The Balaban J connectivity index is 1.35. The van der Waals surface area contributed by atoms with Gasteiger partial charge in [-0.25, -0.2) is 0 Å². The molecule has 25 heavy (non-hydrogen) atoms. The minimum Gasteiger partial charge on any atom is -0.341 e. The number of likely N-dealkylation sites (tertiary alicyclic amines) is 1. The number of hydrogen-bond donors (Lipinski definition) is 0. The highest BCUT2D eigenvalue weighted by Crippen LogP contribution is 2.32. The summed E-state index contributed by atoms with van der Waals surface area (Å²) in [7, 11) is 0. The predicted octanol–water partition coefficient (Wildman–Crippen LogP) is 2.56. The number of amides is 2. The Hall–Kier alpha value is -1.11. The summed E-state index contributed by atoms with van der Waals surface area (Å²) >= 11 is 7.29. The van der Waals surface area contributed by atoms with Crippen LogP contribution in [0.1, 0.15) is 35.4 Å². The maximum atomic E-state index is 12.7. The Morgan fingerprint density at radius 2 is 1.96 bits per heavy atom. The van der Waals surface area contributed by atoms with Crippen LogP contribution in [0.5, 0.6) is 0 Å². The first-order chi connectivity index (χ1) is 12.1. The Labute approximate surface area is 157 Å². The van der Waals surface area contributed by atoms with Crippen molar-refractivity contribution >= 4 is 34.8 Å². The number of rotatable bonds is 4. The van der Waals surface area contributed by atoms with Gasteiger partial charge in [-0.2, -0.15) is 0 Å². The highest BCUT2D eigenvalue weighted by Gasteiger charge is 2.38. The van der Waals surface area contributed by atoms with E-state index in [0.29, 0.717) is 21.7 Å². The number of carbonyl (C=O) groups is 2. The normalized spacial score (nSPS) is 25.5.